The van der Waals surface area contributed by atoms with Crippen LogP contribution in [0.25, 0.3) is 11.3 Å². The SMILES string of the molecule is CC1CCCCN1c1nc(-c2ccc(Cl)cc2)c(CCC(=O)O)o1. The highest BCUT2D eigenvalue weighted by atomic mass is 35.5. The summed E-state index contributed by atoms with van der Waals surface area (Å²) < 4.78 is 5.98. The molecule has 1 aliphatic heterocycles. The molecule has 6 heteroatoms. The first kappa shape index (κ1) is 16.8. The van der Waals surface area contributed by atoms with Gasteiger partial charge in [-0.15, -0.1) is 0 Å². The fraction of sp³-hybridized carbons (Fsp3) is 0.444. The lowest BCUT2D eigenvalue weighted by atomic mass is 10.0. The zero-order valence-electron chi connectivity index (χ0n) is 13.7. The maximum atomic E-state index is 10.9. The highest BCUT2D eigenvalue weighted by Crippen LogP contribution is 2.32. The Morgan fingerprint density at radius 2 is 2.12 bits per heavy atom. The summed E-state index contributed by atoms with van der Waals surface area (Å²) in [5, 5.41) is 9.63. The predicted molar refractivity (Wildman–Crippen MR) is 93.6 cm³/mol. The quantitative estimate of drug-likeness (QED) is 0.867. The van der Waals surface area contributed by atoms with Crippen molar-refractivity contribution in [3.05, 3.63) is 35.0 Å². The minimum absolute atomic E-state index is 0.0186. The van der Waals surface area contributed by atoms with Crippen molar-refractivity contribution in [1.29, 1.82) is 0 Å². The molecule has 0 saturated carbocycles. The van der Waals surface area contributed by atoms with E-state index < -0.39 is 5.97 Å². The van der Waals surface area contributed by atoms with Crippen molar-refractivity contribution < 1.29 is 14.3 Å². The van der Waals surface area contributed by atoms with Crippen LogP contribution in [0.2, 0.25) is 5.02 Å². The van der Waals surface area contributed by atoms with Crippen LogP contribution in [0.1, 0.15) is 38.4 Å². The van der Waals surface area contributed by atoms with E-state index in [4.69, 9.17) is 21.1 Å². The fourth-order valence-corrected chi connectivity index (χ4v) is 3.19. The standard InChI is InChI=1S/C18H21ClN2O3/c1-12-4-2-3-11-21(12)18-20-17(13-5-7-14(19)8-6-13)15(24-18)9-10-16(22)23/h5-8,12H,2-4,9-11H2,1H3,(H,22,23). The molecule has 1 atom stereocenters. The van der Waals surface area contributed by atoms with E-state index in [1.54, 1.807) is 12.1 Å². The lowest BCUT2D eigenvalue weighted by Gasteiger charge is -2.31. The van der Waals surface area contributed by atoms with E-state index in [0.29, 0.717) is 35.0 Å². The summed E-state index contributed by atoms with van der Waals surface area (Å²) >= 11 is 5.96. The topological polar surface area (TPSA) is 66.6 Å². The van der Waals surface area contributed by atoms with Crippen LogP contribution in [0.5, 0.6) is 0 Å². The van der Waals surface area contributed by atoms with Crippen LogP contribution in [0.3, 0.4) is 0 Å². The molecule has 0 bridgehead atoms. The molecule has 2 heterocycles. The first-order chi connectivity index (χ1) is 11.5. The average Bonchev–Trinajstić information content (AvgIpc) is 2.98. The minimum atomic E-state index is -0.846. The Bertz CT molecular complexity index is 712. The summed E-state index contributed by atoms with van der Waals surface area (Å²) in [6, 6.07) is 8.34. The molecule has 1 aromatic carbocycles. The van der Waals surface area contributed by atoms with Crippen LogP contribution < -0.4 is 4.90 Å². The van der Waals surface area contributed by atoms with Gasteiger partial charge in [-0.3, -0.25) is 4.79 Å². The van der Waals surface area contributed by atoms with Gasteiger partial charge in [0.15, 0.2) is 0 Å². The summed E-state index contributed by atoms with van der Waals surface area (Å²) in [5.41, 5.74) is 1.60. The van der Waals surface area contributed by atoms with Gasteiger partial charge in [0.1, 0.15) is 11.5 Å². The smallest absolute Gasteiger partial charge is 0.303 e. The Morgan fingerprint density at radius 1 is 1.38 bits per heavy atom. The Hall–Kier alpha value is -2.01. The van der Waals surface area contributed by atoms with Crippen LogP contribution >= 0.6 is 11.6 Å². The average molecular weight is 349 g/mol. The molecule has 1 saturated heterocycles. The number of carbonyl (C=O) groups is 1. The molecule has 24 heavy (non-hydrogen) atoms. The molecule has 1 unspecified atom stereocenters. The molecule has 3 rings (SSSR count). The van der Waals surface area contributed by atoms with E-state index in [9.17, 15) is 4.79 Å². The Kier molecular flexibility index (Phi) is 5.09. The Morgan fingerprint density at radius 3 is 2.79 bits per heavy atom. The maximum Gasteiger partial charge on any atom is 0.303 e. The van der Waals surface area contributed by atoms with E-state index in [2.05, 4.69) is 16.8 Å². The number of rotatable bonds is 5. The van der Waals surface area contributed by atoms with E-state index in [-0.39, 0.29) is 6.42 Å². The molecule has 0 amide bonds. The van der Waals surface area contributed by atoms with Gasteiger partial charge < -0.3 is 14.4 Å². The highest BCUT2D eigenvalue weighted by molar-refractivity contribution is 6.30. The van der Waals surface area contributed by atoms with Crippen LogP contribution in [0.15, 0.2) is 28.7 Å². The van der Waals surface area contributed by atoms with E-state index in [1.807, 2.05) is 12.1 Å². The van der Waals surface area contributed by atoms with E-state index >= 15 is 0 Å². The van der Waals surface area contributed by atoms with Gasteiger partial charge in [-0.1, -0.05) is 23.7 Å². The third kappa shape index (κ3) is 3.73. The Balaban J connectivity index is 1.95. The molecule has 1 N–H and O–H groups in total. The van der Waals surface area contributed by atoms with Gasteiger partial charge in [-0.25, -0.2) is 0 Å². The molecular weight excluding hydrogens is 328 g/mol. The first-order valence-electron chi connectivity index (χ1n) is 8.28. The van der Waals surface area contributed by atoms with Crippen molar-refractivity contribution in [1.82, 2.24) is 4.98 Å². The number of carboxylic acid groups (broad SMARTS) is 1. The second kappa shape index (κ2) is 7.26. The summed E-state index contributed by atoms with van der Waals surface area (Å²) in [6.07, 6.45) is 3.79. The van der Waals surface area contributed by atoms with Crippen molar-refractivity contribution >= 4 is 23.6 Å². The van der Waals surface area contributed by atoms with Gasteiger partial charge in [-0.05, 0) is 38.3 Å². The second-order valence-corrected chi connectivity index (χ2v) is 6.64. The van der Waals surface area contributed by atoms with Crippen LogP contribution in [-0.4, -0.2) is 28.6 Å². The number of aryl methyl sites for hydroxylation is 1. The van der Waals surface area contributed by atoms with Crippen molar-refractivity contribution in [3.63, 3.8) is 0 Å². The summed E-state index contributed by atoms with van der Waals surface area (Å²) in [6.45, 7) is 3.09. The first-order valence-corrected chi connectivity index (χ1v) is 8.66. The van der Waals surface area contributed by atoms with Crippen LogP contribution in [0.4, 0.5) is 6.01 Å². The summed E-state index contributed by atoms with van der Waals surface area (Å²) in [7, 11) is 0. The van der Waals surface area contributed by atoms with Crippen molar-refractivity contribution in [2.45, 2.75) is 45.1 Å². The third-order valence-electron chi connectivity index (χ3n) is 4.42. The molecule has 1 aliphatic rings. The van der Waals surface area contributed by atoms with Gasteiger partial charge in [0.2, 0.25) is 0 Å². The van der Waals surface area contributed by atoms with Gasteiger partial charge >= 0.3 is 5.97 Å². The molecule has 1 fully saturated rings. The normalized spacial score (nSPS) is 17.9. The number of piperidine rings is 1. The fourth-order valence-electron chi connectivity index (χ4n) is 3.07. The molecule has 128 valence electrons. The molecule has 5 nitrogen and oxygen atoms in total. The molecule has 2 aromatic rings. The second-order valence-electron chi connectivity index (χ2n) is 6.21. The predicted octanol–water partition coefficient (Wildman–Crippen LogP) is 4.39. The number of hydrogen-bond acceptors (Lipinski definition) is 4. The third-order valence-corrected chi connectivity index (χ3v) is 4.67. The van der Waals surface area contributed by atoms with Crippen LogP contribution in [-0.2, 0) is 11.2 Å². The number of oxazole rings is 1. The van der Waals surface area contributed by atoms with Gasteiger partial charge in [0.25, 0.3) is 6.01 Å². The van der Waals surface area contributed by atoms with Crippen molar-refractivity contribution in [2.24, 2.45) is 0 Å². The molecule has 0 radical (unpaired) electrons. The number of halogens is 1. The number of aromatic nitrogens is 1. The number of benzene rings is 1. The molecular formula is C18H21ClN2O3. The lowest BCUT2D eigenvalue weighted by molar-refractivity contribution is -0.137. The number of nitrogens with zero attached hydrogens (tertiary/aromatic N) is 2. The number of aliphatic carboxylic acids is 1. The van der Waals surface area contributed by atoms with Crippen molar-refractivity contribution in [3.8, 4) is 11.3 Å². The number of hydrogen-bond donors (Lipinski definition) is 1. The van der Waals surface area contributed by atoms with E-state index in [1.165, 1.54) is 6.42 Å². The molecule has 0 spiro atoms. The largest absolute Gasteiger partial charge is 0.481 e. The number of anilines is 1. The lowest BCUT2D eigenvalue weighted by Crippen LogP contribution is -2.37. The summed E-state index contributed by atoms with van der Waals surface area (Å²) in [4.78, 5) is 17.8. The monoisotopic (exact) mass is 348 g/mol. The highest BCUT2D eigenvalue weighted by Gasteiger charge is 2.25. The zero-order valence-corrected chi connectivity index (χ0v) is 14.4. The van der Waals surface area contributed by atoms with Crippen LogP contribution in [0, 0.1) is 0 Å². The van der Waals surface area contributed by atoms with Crippen molar-refractivity contribution in [2.75, 3.05) is 11.4 Å². The molecule has 1 aromatic heterocycles. The van der Waals surface area contributed by atoms with Gasteiger partial charge in [0, 0.05) is 29.6 Å². The summed E-state index contributed by atoms with van der Waals surface area (Å²) in [5.74, 6) is -0.228. The zero-order chi connectivity index (χ0) is 17.1. The van der Waals surface area contributed by atoms with Gasteiger partial charge in [0.05, 0.1) is 6.42 Å². The maximum absolute atomic E-state index is 10.9. The number of carboxylic acids is 1. The Labute approximate surface area is 146 Å². The minimum Gasteiger partial charge on any atom is -0.481 e. The van der Waals surface area contributed by atoms with E-state index in [0.717, 1.165) is 24.9 Å². The van der Waals surface area contributed by atoms with Gasteiger partial charge in [-0.2, -0.15) is 4.98 Å². The molecule has 0 aliphatic carbocycles.